The maximum absolute atomic E-state index is 6.23. The van der Waals surface area contributed by atoms with Crippen LogP contribution in [-0.4, -0.2) is 34.9 Å². The van der Waals surface area contributed by atoms with Gasteiger partial charge in [-0.15, -0.1) is 11.6 Å². The zero-order chi connectivity index (χ0) is 15.4. The molecule has 0 saturated heterocycles. The van der Waals surface area contributed by atoms with Gasteiger partial charge in [-0.3, -0.25) is 0 Å². The number of imidazole rings is 1. The lowest BCUT2D eigenvalue weighted by Gasteiger charge is -2.11. The molecule has 0 aliphatic carbocycles. The predicted molar refractivity (Wildman–Crippen MR) is 84.0 cm³/mol. The first-order chi connectivity index (χ1) is 10.0. The third-order valence-electron chi connectivity index (χ3n) is 3.07. The zero-order valence-electron chi connectivity index (χ0n) is 13.0. The average Bonchev–Trinajstić information content (AvgIpc) is 2.81. The predicted octanol–water partition coefficient (Wildman–Crippen LogP) is 3.41. The van der Waals surface area contributed by atoms with Crippen molar-refractivity contribution in [2.75, 3.05) is 20.3 Å². The molecule has 1 atom stereocenters. The summed E-state index contributed by atoms with van der Waals surface area (Å²) in [4.78, 5) is 9.03. The lowest BCUT2D eigenvalue weighted by atomic mass is 10.2. The summed E-state index contributed by atoms with van der Waals surface area (Å²) in [7, 11) is 1.60. The molecule has 0 spiro atoms. The van der Waals surface area contributed by atoms with Crippen LogP contribution >= 0.6 is 11.6 Å². The first-order valence-electron chi connectivity index (χ1n) is 7.16. The third kappa shape index (κ3) is 3.86. The molecule has 6 heteroatoms. The van der Waals surface area contributed by atoms with Crippen LogP contribution in [0.4, 0.5) is 0 Å². The highest BCUT2D eigenvalue weighted by Gasteiger charge is 2.16. The lowest BCUT2D eigenvalue weighted by molar-refractivity contribution is 0.103. The Kier molecular flexibility index (Phi) is 5.42. The summed E-state index contributed by atoms with van der Waals surface area (Å²) >= 11 is 6.23. The van der Waals surface area contributed by atoms with E-state index < -0.39 is 0 Å². The van der Waals surface area contributed by atoms with Crippen LogP contribution in [0.2, 0.25) is 0 Å². The van der Waals surface area contributed by atoms with Crippen molar-refractivity contribution in [1.29, 1.82) is 0 Å². The fourth-order valence-electron chi connectivity index (χ4n) is 2.11. The standard InChI is InChI=1S/C15H22ClN3O2/c1-10(2)9-21-8-7-19-14(11(3)16)17-12-5-6-13(20-4)18-15(12)19/h5-6,10-11H,7-9H2,1-4H3. The van der Waals surface area contributed by atoms with Crippen molar-refractivity contribution < 1.29 is 9.47 Å². The number of nitrogens with zero attached hydrogens (tertiary/aromatic N) is 3. The van der Waals surface area contributed by atoms with Gasteiger partial charge in [-0.25, -0.2) is 4.98 Å². The first-order valence-corrected chi connectivity index (χ1v) is 7.59. The molecule has 2 heterocycles. The Hall–Kier alpha value is -1.33. The number of methoxy groups -OCH3 is 1. The van der Waals surface area contributed by atoms with Crippen LogP contribution in [0.15, 0.2) is 12.1 Å². The summed E-state index contributed by atoms with van der Waals surface area (Å²) in [6.45, 7) is 8.20. The normalized spacial score (nSPS) is 13.0. The summed E-state index contributed by atoms with van der Waals surface area (Å²) in [5.74, 6) is 1.90. The Morgan fingerprint density at radius 3 is 2.62 bits per heavy atom. The van der Waals surface area contributed by atoms with E-state index in [0.29, 0.717) is 24.9 Å². The monoisotopic (exact) mass is 311 g/mol. The minimum Gasteiger partial charge on any atom is -0.481 e. The topological polar surface area (TPSA) is 49.2 Å². The van der Waals surface area contributed by atoms with Gasteiger partial charge in [0.2, 0.25) is 5.88 Å². The lowest BCUT2D eigenvalue weighted by Crippen LogP contribution is -2.12. The van der Waals surface area contributed by atoms with Crippen LogP contribution in [0, 0.1) is 5.92 Å². The van der Waals surface area contributed by atoms with E-state index in [-0.39, 0.29) is 5.38 Å². The molecule has 0 bridgehead atoms. The van der Waals surface area contributed by atoms with Crippen molar-refractivity contribution in [2.24, 2.45) is 5.92 Å². The molecular formula is C15H22ClN3O2. The Morgan fingerprint density at radius 2 is 2.00 bits per heavy atom. The number of pyridine rings is 1. The van der Waals surface area contributed by atoms with Crippen molar-refractivity contribution in [1.82, 2.24) is 14.5 Å². The quantitative estimate of drug-likeness (QED) is 0.581. The van der Waals surface area contributed by atoms with E-state index >= 15 is 0 Å². The van der Waals surface area contributed by atoms with Gasteiger partial charge in [0.05, 0.1) is 19.1 Å². The van der Waals surface area contributed by atoms with Crippen LogP contribution in [0.25, 0.3) is 11.2 Å². The Bertz CT molecular complexity index is 596. The molecule has 0 fully saturated rings. The largest absolute Gasteiger partial charge is 0.481 e. The summed E-state index contributed by atoms with van der Waals surface area (Å²) < 4.78 is 12.9. The number of rotatable bonds is 7. The van der Waals surface area contributed by atoms with Gasteiger partial charge in [0.1, 0.15) is 11.3 Å². The van der Waals surface area contributed by atoms with Gasteiger partial charge in [-0.2, -0.15) is 4.98 Å². The molecule has 0 amide bonds. The molecule has 2 aromatic rings. The molecule has 116 valence electrons. The van der Waals surface area contributed by atoms with E-state index in [2.05, 4.69) is 23.8 Å². The van der Waals surface area contributed by atoms with E-state index in [9.17, 15) is 0 Å². The maximum Gasteiger partial charge on any atom is 0.215 e. The van der Waals surface area contributed by atoms with Gasteiger partial charge in [-0.05, 0) is 18.9 Å². The number of fused-ring (bicyclic) bond motifs is 1. The molecule has 0 saturated carbocycles. The van der Waals surface area contributed by atoms with Crippen molar-refractivity contribution in [2.45, 2.75) is 32.7 Å². The second-order valence-corrected chi connectivity index (χ2v) is 6.06. The molecule has 0 N–H and O–H groups in total. The molecule has 0 aliphatic rings. The molecule has 0 radical (unpaired) electrons. The van der Waals surface area contributed by atoms with Gasteiger partial charge in [0.25, 0.3) is 0 Å². The smallest absolute Gasteiger partial charge is 0.215 e. The van der Waals surface area contributed by atoms with E-state index in [4.69, 9.17) is 21.1 Å². The van der Waals surface area contributed by atoms with Crippen molar-refractivity contribution in [3.05, 3.63) is 18.0 Å². The molecule has 2 rings (SSSR count). The van der Waals surface area contributed by atoms with Crippen molar-refractivity contribution in [3.63, 3.8) is 0 Å². The Morgan fingerprint density at radius 1 is 1.24 bits per heavy atom. The van der Waals surface area contributed by atoms with Crippen LogP contribution < -0.4 is 4.74 Å². The summed E-state index contributed by atoms with van der Waals surface area (Å²) in [5, 5.41) is -0.185. The molecule has 1 unspecified atom stereocenters. The summed E-state index contributed by atoms with van der Waals surface area (Å²) in [6.07, 6.45) is 0. The summed E-state index contributed by atoms with van der Waals surface area (Å²) in [6, 6.07) is 3.70. The molecule has 0 aliphatic heterocycles. The fraction of sp³-hybridized carbons (Fsp3) is 0.600. The molecule has 0 aromatic carbocycles. The number of alkyl halides is 1. The van der Waals surface area contributed by atoms with Crippen molar-refractivity contribution in [3.8, 4) is 5.88 Å². The van der Waals surface area contributed by atoms with Crippen molar-refractivity contribution >= 4 is 22.8 Å². The highest BCUT2D eigenvalue weighted by Crippen LogP contribution is 2.25. The van der Waals surface area contributed by atoms with Gasteiger partial charge in [-0.1, -0.05) is 13.8 Å². The number of halogens is 1. The number of aromatic nitrogens is 3. The number of hydrogen-bond donors (Lipinski definition) is 0. The molecule has 2 aromatic heterocycles. The van der Waals surface area contributed by atoms with E-state index in [0.717, 1.165) is 23.6 Å². The second kappa shape index (κ2) is 7.09. The third-order valence-corrected chi connectivity index (χ3v) is 3.27. The highest BCUT2D eigenvalue weighted by atomic mass is 35.5. The molecule has 21 heavy (non-hydrogen) atoms. The summed E-state index contributed by atoms with van der Waals surface area (Å²) in [5.41, 5.74) is 1.60. The second-order valence-electron chi connectivity index (χ2n) is 5.40. The maximum atomic E-state index is 6.23. The average molecular weight is 312 g/mol. The molecule has 5 nitrogen and oxygen atoms in total. The van der Waals surface area contributed by atoms with Gasteiger partial charge in [0.15, 0.2) is 5.65 Å². The Balaban J connectivity index is 2.26. The SMILES string of the molecule is COc1ccc2nc(C(C)Cl)n(CCOCC(C)C)c2n1. The van der Waals surface area contributed by atoms with Gasteiger partial charge < -0.3 is 14.0 Å². The van der Waals surface area contributed by atoms with Gasteiger partial charge in [0, 0.05) is 19.2 Å². The van der Waals surface area contributed by atoms with Crippen LogP contribution in [0.3, 0.4) is 0 Å². The van der Waals surface area contributed by atoms with E-state index in [1.165, 1.54) is 0 Å². The highest BCUT2D eigenvalue weighted by molar-refractivity contribution is 6.20. The van der Waals surface area contributed by atoms with Crippen LogP contribution in [0.1, 0.15) is 32.0 Å². The van der Waals surface area contributed by atoms with Crippen LogP contribution in [0.5, 0.6) is 5.88 Å². The first kappa shape index (κ1) is 16.0. The number of hydrogen-bond acceptors (Lipinski definition) is 4. The Labute approximate surface area is 130 Å². The van der Waals surface area contributed by atoms with E-state index in [1.54, 1.807) is 13.2 Å². The van der Waals surface area contributed by atoms with Crippen LogP contribution in [-0.2, 0) is 11.3 Å². The molecular weight excluding hydrogens is 290 g/mol. The van der Waals surface area contributed by atoms with Gasteiger partial charge >= 0.3 is 0 Å². The minimum atomic E-state index is -0.185. The minimum absolute atomic E-state index is 0.185. The zero-order valence-corrected chi connectivity index (χ0v) is 13.7. The van der Waals surface area contributed by atoms with E-state index in [1.807, 2.05) is 17.6 Å². The fourth-order valence-corrected chi connectivity index (χ4v) is 2.28. The number of ether oxygens (including phenoxy) is 2.